The van der Waals surface area contributed by atoms with Crippen molar-refractivity contribution in [3.63, 3.8) is 0 Å². The van der Waals surface area contributed by atoms with Gasteiger partial charge in [-0.3, -0.25) is 4.79 Å². The Morgan fingerprint density at radius 2 is 2.20 bits per heavy atom. The van der Waals surface area contributed by atoms with E-state index in [0.29, 0.717) is 12.4 Å². The van der Waals surface area contributed by atoms with Gasteiger partial charge < -0.3 is 10.3 Å². The minimum absolute atomic E-state index is 0.0922. The van der Waals surface area contributed by atoms with Crippen LogP contribution in [0.15, 0.2) is 28.4 Å². The summed E-state index contributed by atoms with van der Waals surface area (Å²) in [6, 6.07) is 5.94. The van der Waals surface area contributed by atoms with Crippen LogP contribution in [0.4, 0.5) is 0 Å². The Morgan fingerprint density at radius 3 is 2.75 bits per heavy atom. The zero-order valence-corrected chi connectivity index (χ0v) is 13.2. The highest BCUT2D eigenvalue weighted by Crippen LogP contribution is 2.35. The number of hydrogen-bond donors (Lipinski definition) is 2. The van der Waals surface area contributed by atoms with Crippen LogP contribution in [0.25, 0.3) is 0 Å². The smallest absolute Gasteiger partial charge is 0.251 e. The molecule has 0 saturated heterocycles. The average molecular weight is 291 g/mol. The number of nitrogens with one attached hydrogen (secondary N) is 2. The lowest BCUT2D eigenvalue weighted by molar-refractivity contribution is 0.273. The largest absolute Gasteiger partial charge is 0.309 e. The fourth-order valence-electron chi connectivity index (χ4n) is 2.21. The lowest BCUT2D eigenvalue weighted by Crippen LogP contribution is -2.32. The predicted octanol–water partition coefficient (Wildman–Crippen LogP) is 3.02. The van der Waals surface area contributed by atoms with E-state index in [0.717, 1.165) is 5.69 Å². The highest BCUT2D eigenvalue weighted by atomic mass is 32.1. The second-order valence-corrected chi connectivity index (χ2v) is 7.01. The third kappa shape index (κ3) is 3.77. The molecule has 2 N–H and O–H groups in total. The topological polar surface area (TPSA) is 57.8 Å². The van der Waals surface area contributed by atoms with Crippen LogP contribution in [0.1, 0.15) is 43.2 Å². The standard InChI is InChI=1S/C15H21N3OS/c1-10-8-13(19)18-12(17-10)9-16-14(15(2,3)4)11-6-5-7-20-11/h5-8,14,16H,9H2,1-4H3,(H,17,18,19)/t14-/m0/s1. The molecule has 1 atom stereocenters. The van der Waals surface area contributed by atoms with Crippen molar-refractivity contribution in [3.8, 4) is 0 Å². The highest BCUT2D eigenvalue weighted by Gasteiger charge is 2.26. The lowest BCUT2D eigenvalue weighted by Gasteiger charge is -2.30. The summed E-state index contributed by atoms with van der Waals surface area (Å²) in [6.07, 6.45) is 0. The number of rotatable bonds is 4. The third-order valence-corrected chi connectivity index (χ3v) is 4.02. The van der Waals surface area contributed by atoms with E-state index in [4.69, 9.17) is 0 Å². The molecule has 2 aromatic rings. The number of nitrogens with zero attached hydrogens (tertiary/aromatic N) is 1. The van der Waals surface area contributed by atoms with Crippen molar-refractivity contribution in [1.82, 2.24) is 15.3 Å². The second-order valence-electron chi connectivity index (χ2n) is 6.03. The van der Waals surface area contributed by atoms with Gasteiger partial charge in [0.25, 0.3) is 5.56 Å². The maximum Gasteiger partial charge on any atom is 0.251 e. The van der Waals surface area contributed by atoms with Crippen LogP contribution >= 0.6 is 11.3 Å². The molecule has 0 aliphatic carbocycles. The molecule has 0 aliphatic rings. The van der Waals surface area contributed by atoms with Gasteiger partial charge in [0.15, 0.2) is 0 Å². The Morgan fingerprint density at radius 1 is 1.45 bits per heavy atom. The first-order chi connectivity index (χ1) is 9.36. The molecule has 0 bridgehead atoms. The van der Waals surface area contributed by atoms with Gasteiger partial charge in [-0.05, 0) is 23.8 Å². The van der Waals surface area contributed by atoms with Gasteiger partial charge in [-0.1, -0.05) is 26.8 Å². The van der Waals surface area contributed by atoms with Gasteiger partial charge in [0.05, 0.1) is 6.54 Å². The monoisotopic (exact) mass is 291 g/mol. The second kappa shape index (κ2) is 5.89. The first kappa shape index (κ1) is 14.9. The van der Waals surface area contributed by atoms with E-state index in [2.05, 4.69) is 53.6 Å². The van der Waals surface area contributed by atoms with Gasteiger partial charge in [0.1, 0.15) is 5.82 Å². The van der Waals surface area contributed by atoms with Crippen LogP contribution in [-0.2, 0) is 6.54 Å². The average Bonchev–Trinajstić information content (AvgIpc) is 2.79. The molecule has 108 valence electrons. The molecule has 20 heavy (non-hydrogen) atoms. The van der Waals surface area contributed by atoms with Crippen molar-refractivity contribution < 1.29 is 0 Å². The van der Waals surface area contributed by atoms with E-state index in [1.807, 2.05) is 6.92 Å². The highest BCUT2D eigenvalue weighted by molar-refractivity contribution is 7.10. The molecule has 2 aromatic heterocycles. The van der Waals surface area contributed by atoms with Gasteiger partial charge in [-0.15, -0.1) is 11.3 Å². The zero-order valence-electron chi connectivity index (χ0n) is 12.4. The predicted molar refractivity (Wildman–Crippen MR) is 82.9 cm³/mol. The summed E-state index contributed by atoms with van der Waals surface area (Å²) in [5.74, 6) is 0.681. The van der Waals surface area contributed by atoms with Crippen molar-refractivity contribution in [2.45, 2.75) is 40.3 Å². The Hall–Kier alpha value is -1.46. The molecule has 0 saturated carbocycles. The van der Waals surface area contributed by atoms with Crippen LogP contribution in [0.3, 0.4) is 0 Å². The molecule has 2 heterocycles. The fraction of sp³-hybridized carbons (Fsp3) is 0.467. The number of hydrogen-bond acceptors (Lipinski definition) is 4. The number of H-pyrrole nitrogens is 1. The van der Waals surface area contributed by atoms with Crippen LogP contribution in [-0.4, -0.2) is 9.97 Å². The molecular weight excluding hydrogens is 270 g/mol. The van der Waals surface area contributed by atoms with Gasteiger partial charge >= 0.3 is 0 Å². The molecule has 0 fully saturated rings. The van der Waals surface area contributed by atoms with E-state index >= 15 is 0 Å². The summed E-state index contributed by atoms with van der Waals surface area (Å²) in [4.78, 5) is 19.9. The molecule has 0 unspecified atom stereocenters. The van der Waals surface area contributed by atoms with Crippen molar-refractivity contribution in [3.05, 3.63) is 50.3 Å². The SMILES string of the molecule is Cc1cc(=O)[nH]c(CN[C@@H](c2cccs2)C(C)(C)C)n1. The summed E-state index contributed by atoms with van der Waals surface area (Å²) in [5, 5.41) is 5.60. The zero-order chi connectivity index (χ0) is 14.8. The Labute approximate surface area is 123 Å². The normalized spacial score (nSPS) is 13.4. The number of aromatic nitrogens is 2. The minimum atomic E-state index is -0.0993. The van der Waals surface area contributed by atoms with Crippen LogP contribution in [0, 0.1) is 12.3 Å². The minimum Gasteiger partial charge on any atom is -0.309 e. The van der Waals surface area contributed by atoms with E-state index < -0.39 is 0 Å². The molecule has 0 aliphatic heterocycles. The molecule has 0 aromatic carbocycles. The summed E-state index contributed by atoms with van der Waals surface area (Å²) in [5.41, 5.74) is 0.737. The summed E-state index contributed by atoms with van der Waals surface area (Å²) >= 11 is 1.74. The van der Waals surface area contributed by atoms with Gasteiger partial charge in [-0.25, -0.2) is 4.98 Å². The summed E-state index contributed by atoms with van der Waals surface area (Å²) < 4.78 is 0. The molecule has 5 heteroatoms. The maximum atomic E-state index is 11.5. The first-order valence-corrected chi connectivity index (χ1v) is 7.58. The van der Waals surface area contributed by atoms with Gasteiger partial charge in [-0.2, -0.15) is 0 Å². The van der Waals surface area contributed by atoms with Crippen molar-refractivity contribution in [2.75, 3.05) is 0 Å². The van der Waals surface area contributed by atoms with Crippen LogP contribution < -0.4 is 10.9 Å². The Bertz CT molecular complexity index is 611. The fourth-order valence-corrected chi connectivity index (χ4v) is 3.26. The number of aryl methyl sites for hydroxylation is 1. The number of aromatic amines is 1. The Kier molecular flexibility index (Phi) is 4.40. The van der Waals surface area contributed by atoms with E-state index in [1.54, 1.807) is 11.3 Å². The van der Waals surface area contributed by atoms with Gasteiger partial charge in [0.2, 0.25) is 0 Å². The third-order valence-electron chi connectivity index (χ3n) is 3.09. The van der Waals surface area contributed by atoms with Crippen molar-refractivity contribution >= 4 is 11.3 Å². The molecule has 4 nitrogen and oxygen atoms in total. The molecule has 2 rings (SSSR count). The quantitative estimate of drug-likeness (QED) is 0.910. The maximum absolute atomic E-state index is 11.5. The molecule has 0 radical (unpaired) electrons. The van der Waals surface area contributed by atoms with E-state index in [-0.39, 0.29) is 17.0 Å². The summed E-state index contributed by atoms with van der Waals surface area (Å²) in [7, 11) is 0. The van der Waals surface area contributed by atoms with Crippen LogP contribution in [0.2, 0.25) is 0 Å². The number of thiophene rings is 1. The van der Waals surface area contributed by atoms with E-state index in [9.17, 15) is 4.79 Å². The molecule has 0 amide bonds. The Balaban J connectivity index is 2.15. The van der Waals surface area contributed by atoms with Crippen molar-refractivity contribution in [1.29, 1.82) is 0 Å². The molecule has 0 spiro atoms. The van der Waals surface area contributed by atoms with Crippen LogP contribution in [0.5, 0.6) is 0 Å². The first-order valence-electron chi connectivity index (χ1n) is 6.70. The lowest BCUT2D eigenvalue weighted by atomic mass is 9.86. The molecular formula is C15H21N3OS. The van der Waals surface area contributed by atoms with Gasteiger partial charge in [0, 0.05) is 22.7 Å². The summed E-state index contributed by atoms with van der Waals surface area (Å²) in [6.45, 7) is 9.00. The van der Waals surface area contributed by atoms with E-state index in [1.165, 1.54) is 10.9 Å². The van der Waals surface area contributed by atoms with Crippen molar-refractivity contribution in [2.24, 2.45) is 5.41 Å².